The normalized spacial score (nSPS) is 10.2. The molecule has 2 amide bonds. The molecule has 0 radical (unpaired) electrons. The highest BCUT2D eigenvalue weighted by Crippen LogP contribution is 2.24. The lowest BCUT2D eigenvalue weighted by Crippen LogP contribution is -2.31. The van der Waals surface area contributed by atoms with Gasteiger partial charge in [-0.15, -0.1) is 0 Å². The van der Waals surface area contributed by atoms with Gasteiger partial charge in [0, 0.05) is 31.2 Å². The van der Waals surface area contributed by atoms with Gasteiger partial charge in [0.2, 0.25) is 0 Å². The average Bonchev–Trinajstić information content (AvgIpc) is 2.87. The fourth-order valence-corrected chi connectivity index (χ4v) is 1.87. The zero-order valence-corrected chi connectivity index (χ0v) is 11.6. The number of aromatic nitrogens is 1. The maximum atomic E-state index is 11.6. The van der Waals surface area contributed by atoms with Gasteiger partial charge in [-0.05, 0) is 30.3 Å². The van der Waals surface area contributed by atoms with Gasteiger partial charge in [-0.2, -0.15) is 0 Å². The minimum absolute atomic E-state index is 0.273. The first-order valence-electron chi connectivity index (χ1n) is 5.76. The number of hydrogen-bond acceptors (Lipinski definition) is 1. The molecule has 100 valence electrons. The van der Waals surface area contributed by atoms with Crippen LogP contribution in [0.5, 0.6) is 0 Å². The molecule has 1 aromatic heterocycles. The molecule has 2 rings (SSSR count). The lowest BCUT2D eigenvalue weighted by molar-refractivity contribution is 0.251. The van der Waals surface area contributed by atoms with E-state index in [9.17, 15) is 4.79 Å². The number of urea groups is 1. The Balaban J connectivity index is 1.79. The van der Waals surface area contributed by atoms with Crippen LogP contribution in [0.4, 0.5) is 10.5 Å². The summed E-state index contributed by atoms with van der Waals surface area (Å²) < 4.78 is 1.99. The lowest BCUT2D eigenvalue weighted by atomic mass is 10.3. The van der Waals surface area contributed by atoms with Gasteiger partial charge in [0.1, 0.15) is 0 Å². The number of carbonyl (C=O) groups excluding carboxylic acids is 1. The van der Waals surface area contributed by atoms with Gasteiger partial charge in [-0.1, -0.05) is 23.2 Å². The molecule has 0 atom stereocenters. The van der Waals surface area contributed by atoms with E-state index in [0.29, 0.717) is 22.3 Å². The van der Waals surface area contributed by atoms with Crippen molar-refractivity contribution < 1.29 is 4.79 Å². The molecule has 0 unspecified atom stereocenters. The smallest absolute Gasteiger partial charge is 0.319 e. The van der Waals surface area contributed by atoms with Crippen molar-refractivity contribution in [2.24, 2.45) is 0 Å². The fraction of sp³-hybridized carbons (Fsp3) is 0.154. The predicted molar refractivity (Wildman–Crippen MR) is 77.9 cm³/mol. The maximum Gasteiger partial charge on any atom is 0.319 e. The molecular formula is C13H13Cl2N3O. The first-order valence-corrected chi connectivity index (χ1v) is 6.51. The van der Waals surface area contributed by atoms with Crippen LogP contribution in [0, 0.1) is 0 Å². The molecule has 0 bridgehead atoms. The highest BCUT2D eigenvalue weighted by atomic mass is 35.5. The van der Waals surface area contributed by atoms with Gasteiger partial charge in [0.15, 0.2) is 0 Å². The first-order chi connectivity index (χ1) is 9.15. The summed E-state index contributed by atoms with van der Waals surface area (Å²) >= 11 is 11.7. The molecule has 0 aliphatic carbocycles. The van der Waals surface area contributed by atoms with Gasteiger partial charge < -0.3 is 15.2 Å². The van der Waals surface area contributed by atoms with Crippen molar-refractivity contribution in [3.63, 3.8) is 0 Å². The second kappa shape index (κ2) is 6.50. The molecule has 6 heteroatoms. The highest BCUT2D eigenvalue weighted by Gasteiger charge is 2.03. The number of amides is 2. The third-order valence-electron chi connectivity index (χ3n) is 2.50. The average molecular weight is 298 g/mol. The van der Waals surface area contributed by atoms with Gasteiger partial charge in [-0.25, -0.2) is 4.79 Å². The fourth-order valence-electron chi connectivity index (χ4n) is 1.57. The molecule has 0 aliphatic heterocycles. The Morgan fingerprint density at radius 2 is 1.89 bits per heavy atom. The summed E-state index contributed by atoms with van der Waals surface area (Å²) in [6.45, 7) is 1.27. The van der Waals surface area contributed by atoms with Gasteiger partial charge in [0.05, 0.1) is 10.0 Å². The minimum Gasteiger partial charge on any atom is -0.353 e. The maximum absolute atomic E-state index is 11.6. The monoisotopic (exact) mass is 297 g/mol. The molecular weight excluding hydrogens is 285 g/mol. The van der Waals surface area contributed by atoms with Crippen molar-refractivity contribution in [3.05, 3.63) is 52.8 Å². The number of benzene rings is 1. The Hall–Kier alpha value is -1.65. The number of nitrogens with one attached hydrogen (secondary N) is 2. The second-order valence-electron chi connectivity index (χ2n) is 3.93. The molecule has 0 saturated carbocycles. The summed E-state index contributed by atoms with van der Waals surface area (Å²) in [6.07, 6.45) is 3.89. The first kappa shape index (κ1) is 13.8. The number of anilines is 1. The molecule has 4 nitrogen and oxygen atoms in total. The molecule has 0 saturated heterocycles. The standard InChI is InChI=1S/C13H13Cl2N3O/c14-11-4-3-10(9-12(11)15)17-13(19)16-5-8-18-6-1-2-7-18/h1-4,6-7,9H,5,8H2,(H2,16,17,19). The minimum atomic E-state index is -0.273. The zero-order chi connectivity index (χ0) is 13.7. The van der Waals surface area contributed by atoms with Crippen LogP contribution in [-0.4, -0.2) is 17.1 Å². The third kappa shape index (κ3) is 4.19. The van der Waals surface area contributed by atoms with E-state index in [0.717, 1.165) is 6.54 Å². The Labute approximate surface area is 121 Å². The van der Waals surface area contributed by atoms with E-state index in [2.05, 4.69) is 10.6 Å². The molecule has 19 heavy (non-hydrogen) atoms. The van der Waals surface area contributed by atoms with Crippen LogP contribution < -0.4 is 10.6 Å². The third-order valence-corrected chi connectivity index (χ3v) is 3.24. The van der Waals surface area contributed by atoms with Crippen LogP contribution in [0.2, 0.25) is 10.0 Å². The Morgan fingerprint density at radius 3 is 2.58 bits per heavy atom. The van der Waals surface area contributed by atoms with Crippen molar-refractivity contribution in [3.8, 4) is 0 Å². The molecule has 0 fully saturated rings. The van der Waals surface area contributed by atoms with Crippen LogP contribution in [0.15, 0.2) is 42.7 Å². The quantitative estimate of drug-likeness (QED) is 0.889. The largest absolute Gasteiger partial charge is 0.353 e. The molecule has 0 spiro atoms. The Kier molecular flexibility index (Phi) is 4.71. The van der Waals surface area contributed by atoms with Gasteiger partial charge in [0.25, 0.3) is 0 Å². The van der Waals surface area contributed by atoms with Crippen LogP contribution in [0.3, 0.4) is 0 Å². The molecule has 0 aliphatic rings. The van der Waals surface area contributed by atoms with Gasteiger partial charge >= 0.3 is 6.03 Å². The highest BCUT2D eigenvalue weighted by molar-refractivity contribution is 6.42. The molecule has 2 aromatic rings. The second-order valence-corrected chi connectivity index (χ2v) is 4.75. The van der Waals surface area contributed by atoms with E-state index in [1.165, 1.54) is 0 Å². The molecule has 2 N–H and O–H groups in total. The Morgan fingerprint density at radius 1 is 1.16 bits per heavy atom. The number of rotatable bonds is 4. The number of hydrogen-bond donors (Lipinski definition) is 2. The Bertz CT molecular complexity index is 555. The lowest BCUT2D eigenvalue weighted by Gasteiger charge is -2.08. The summed E-state index contributed by atoms with van der Waals surface area (Å²) in [5.74, 6) is 0. The van der Waals surface area contributed by atoms with Crippen molar-refractivity contribution in [2.75, 3.05) is 11.9 Å². The summed E-state index contributed by atoms with van der Waals surface area (Å²) in [4.78, 5) is 11.6. The van der Waals surface area contributed by atoms with Crippen molar-refractivity contribution in [1.82, 2.24) is 9.88 Å². The zero-order valence-electron chi connectivity index (χ0n) is 10.1. The van der Waals surface area contributed by atoms with E-state index in [1.807, 2.05) is 29.1 Å². The van der Waals surface area contributed by atoms with E-state index >= 15 is 0 Å². The summed E-state index contributed by atoms with van der Waals surface area (Å²) in [5.41, 5.74) is 0.605. The van der Waals surface area contributed by atoms with Crippen LogP contribution in [0.25, 0.3) is 0 Å². The van der Waals surface area contributed by atoms with E-state index in [1.54, 1.807) is 18.2 Å². The SMILES string of the molecule is O=C(NCCn1cccc1)Nc1ccc(Cl)c(Cl)c1. The van der Waals surface area contributed by atoms with Crippen molar-refractivity contribution in [1.29, 1.82) is 0 Å². The number of halogens is 2. The van der Waals surface area contributed by atoms with Crippen molar-refractivity contribution in [2.45, 2.75) is 6.54 Å². The van der Waals surface area contributed by atoms with E-state index in [4.69, 9.17) is 23.2 Å². The summed E-state index contributed by atoms with van der Waals surface area (Å²) in [5, 5.41) is 6.31. The number of carbonyl (C=O) groups is 1. The predicted octanol–water partition coefficient (Wildman–Crippen LogP) is 3.62. The van der Waals surface area contributed by atoms with Gasteiger partial charge in [-0.3, -0.25) is 0 Å². The topological polar surface area (TPSA) is 46.1 Å². The van der Waals surface area contributed by atoms with Crippen LogP contribution in [-0.2, 0) is 6.54 Å². The van der Waals surface area contributed by atoms with E-state index in [-0.39, 0.29) is 6.03 Å². The summed E-state index contributed by atoms with van der Waals surface area (Å²) in [6, 6.07) is 8.55. The molecule has 1 aromatic carbocycles. The van der Waals surface area contributed by atoms with Crippen LogP contribution in [0.1, 0.15) is 0 Å². The van der Waals surface area contributed by atoms with Crippen molar-refractivity contribution >= 4 is 34.9 Å². The molecule has 1 heterocycles. The van der Waals surface area contributed by atoms with Crippen LogP contribution >= 0.6 is 23.2 Å². The summed E-state index contributed by atoms with van der Waals surface area (Å²) in [7, 11) is 0. The van der Waals surface area contributed by atoms with E-state index < -0.39 is 0 Å². The number of nitrogens with zero attached hydrogens (tertiary/aromatic N) is 1.